The van der Waals surface area contributed by atoms with Gasteiger partial charge in [0, 0.05) is 7.05 Å². The van der Waals surface area contributed by atoms with Gasteiger partial charge in [-0.1, -0.05) is 13.3 Å². The Labute approximate surface area is 106 Å². The molecule has 0 amide bonds. The molecule has 1 atom stereocenters. The summed E-state index contributed by atoms with van der Waals surface area (Å²) in [5.41, 5.74) is 1.30. The highest BCUT2D eigenvalue weighted by atomic mass is 79.9. The Bertz CT molecular complexity index is 325. The highest BCUT2D eigenvalue weighted by Gasteiger charge is 2.31. The number of aryl methyl sites for hydroxylation is 1. The predicted octanol–water partition coefficient (Wildman–Crippen LogP) is 3.02. The number of hydrogen-bond donors (Lipinski definition) is 1. The summed E-state index contributed by atoms with van der Waals surface area (Å²) in [5.74, 6) is 0.790. The van der Waals surface area contributed by atoms with Gasteiger partial charge in [-0.2, -0.15) is 5.10 Å². The average Bonchev–Trinajstić information content (AvgIpc) is 2.51. The largest absolute Gasteiger partial charge is 0.308 e. The summed E-state index contributed by atoms with van der Waals surface area (Å²) in [6.07, 6.45) is 7.15. The van der Waals surface area contributed by atoms with Gasteiger partial charge in [-0.15, -0.1) is 0 Å². The molecular weight excluding hydrogens is 266 g/mol. The van der Waals surface area contributed by atoms with Crippen LogP contribution in [0.1, 0.15) is 44.3 Å². The molecule has 0 aliphatic heterocycles. The van der Waals surface area contributed by atoms with Crippen LogP contribution in [-0.2, 0) is 7.05 Å². The minimum atomic E-state index is 0.468. The first kappa shape index (κ1) is 12.1. The first-order valence-corrected chi connectivity index (χ1v) is 6.94. The maximum Gasteiger partial charge on any atom is 0.0695 e. The monoisotopic (exact) mass is 285 g/mol. The van der Waals surface area contributed by atoms with Crippen LogP contribution in [0.3, 0.4) is 0 Å². The summed E-state index contributed by atoms with van der Waals surface area (Å²) in [5, 5.41) is 7.98. The lowest BCUT2D eigenvalue weighted by atomic mass is 9.78. The molecular formula is C12H20BrN3. The molecule has 0 saturated heterocycles. The number of aromatic nitrogens is 2. The lowest BCUT2D eigenvalue weighted by Crippen LogP contribution is -2.34. The lowest BCUT2D eigenvalue weighted by molar-refractivity contribution is 0.223. The second-order valence-electron chi connectivity index (χ2n) is 4.62. The summed E-state index contributed by atoms with van der Waals surface area (Å²) in [7, 11) is 2.03. The molecule has 1 heterocycles. The fraction of sp³-hybridized carbons (Fsp3) is 0.750. The molecule has 1 saturated carbocycles. The highest BCUT2D eigenvalue weighted by Crippen LogP contribution is 2.39. The van der Waals surface area contributed by atoms with Gasteiger partial charge in [0.25, 0.3) is 0 Å². The van der Waals surface area contributed by atoms with Crippen LogP contribution in [0, 0.1) is 5.92 Å². The topological polar surface area (TPSA) is 29.9 Å². The van der Waals surface area contributed by atoms with Crippen LogP contribution in [0.4, 0.5) is 0 Å². The van der Waals surface area contributed by atoms with Gasteiger partial charge in [0.1, 0.15) is 0 Å². The number of hydrogen-bond acceptors (Lipinski definition) is 2. The van der Waals surface area contributed by atoms with Crippen molar-refractivity contribution in [2.75, 3.05) is 6.54 Å². The summed E-state index contributed by atoms with van der Waals surface area (Å²) in [6.45, 7) is 3.29. The fourth-order valence-electron chi connectivity index (χ4n) is 2.33. The Balaban J connectivity index is 2.16. The zero-order chi connectivity index (χ0) is 11.5. The molecule has 0 radical (unpaired) electrons. The number of nitrogens with zero attached hydrogens (tertiary/aromatic N) is 2. The zero-order valence-electron chi connectivity index (χ0n) is 10.0. The fourth-order valence-corrected chi connectivity index (χ4v) is 2.92. The molecule has 2 rings (SSSR count). The maximum atomic E-state index is 4.32. The molecule has 0 bridgehead atoms. The van der Waals surface area contributed by atoms with E-state index < -0.39 is 0 Å². The molecule has 1 aliphatic rings. The smallest absolute Gasteiger partial charge is 0.0695 e. The van der Waals surface area contributed by atoms with Crippen molar-refractivity contribution in [2.45, 2.75) is 38.6 Å². The Morgan fingerprint density at radius 2 is 2.38 bits per heavy atom. The third-order valence-electron chi connectivity index (χ3n) is 3.47. The van der Waals surface area contributed by atoms with Gasteiger partial charge in [0.05, 0.1) is 22.4 Å². The van der Waals surface area contributed by atoms with Gasteiger partial charge in [-0.3, -0.25) is 4.68 Å². The van der Waals surface area contributed by atoms with Crippen LogP contribution in [-0.4, -0.2) is 16.3 Å². The highest BCUT2D eigenvalue weighted by molar-refractivity contribution is 9.10. The molecule has 1 aromatic heterocycles. The van der Waals surface area contributed by atoms with Gasteiger partial charge in [-0.05, 0) is 47.7 Å². The first-order valence-electron chi connectivity index (χ1n) is 6.14. The van der Waals surface area contributed by atoms with Gasteiger partial charge < -0.3 is 5.32 Å². The molecule has 4 heteroatoms. The minimum absolute atomic E-state index is 0.468. The molecule has 1 aliphatic carbocycles. The molecule has 1 unspecified atom stereocenters. The van der Waals surface area contributed by atoms with E-state index in [2.05, 4.69) is 33.3 Å². The maximum absolute atomic E-state index is 4.32. The van der Waals surface area contributed by atoms with E-state index in [0.717, 1.165) is 16.9 Å². The molecule has 0 aromatic carbocycles. The minimum Gasteiger partial charge on any atom is -0.308 e. The van der Waals surface area contributed by atoms with E-state index in [1.807, 2.05) is 17.9 Å². The van der Waals surface area contributed by atoms with Crippen molar-refractivity contribution in [3.05, 3.63) is 16.4 Å². The second-order valence-corrected chi connectivity index (χ2v) is 5.48. The van der Waals surface area contributed by atoms with E-state index in [9.17, 15) is 0 Å². The predicted molar refractivity (Wildman–Crippen MR) is 69.3 cm³/mol. The van der Waals surface area contributed by atoms with Gasteiger partial charge >= 0.3 is 0 Å². The number of nitrogens with one attached hydrogen (secondary N) is 1. The SMILES string of the molecule is CCCNC(c1c(Br)cnn1C)C1CCC1. The Kier molecular flexibility index (Phi) is 4.03. The quantitative estimate of drug-likeness (QED) is 0.901. The van der Waals surface area contributed by atoms with E-state index in [0.29, 0.717) is 6.04 Å². The summed E-state index contributed by atoms with van der Waals surface area (Å²) in [6, 6.07) is 0.468. The van der Waals surface area contributed by atoms with Gasteiger partial charge in [0.15, 0.2) is 0 Å². The molecule has 1 N–H and O–H groups in total. The summed E-state index contributed by atoms with van der Waals surface area (Å²) < 4.78 is 3.13. The molecule has 3 nitrogen and oxygen atoms in total. The molecule has 1 fully saturated rings. The van der Waals surface area contributed by atoms with E-state index in [1.165, 1.54) is 31.4 Å². The zero-order valence-corrected chi connectivity index (χ0v) is 11.6. The number of rotatable bonds is 5. The van der Waals surface area contributed by atoms with Crippen LogP contribution >= 0.6 is 15.9 Å². The van der Waals surface area contributed by atoms with Crippen molar-refractivity contribution in [2.24, 2.45) is 13.0 Å². The molecule has 90 valence electrons. The van der Waals surface area contributed by atoms with Gasteiger partial charge in [0.2, 0.25) is 0 Å². The Morgan fingerprint density at radius 3 is 2.81 bits per heavy atom. The Hall–Kier alpha value is -0.350. The van der Waals surface area contributed by atoms with Crippen LogP contribution in [0.25, 0.3) is 0 Å². The normalized spacial score (nSPS) is 18.4. The number of halogens is 1. The van der Waals surface area contributed by atoms with E-state index in [-0.39, 0.29) is 0 Å². The summed E-state index contributed by atoms with van der Waals surface area (Å²) in [4.78, 5) is 0. The van der Waals surface area contributed by atoms with Crippen molar-refractivity contribution in [1.29, 1.82) is 0 Å². The molecule has 1 aromatic rings. The van der Waals surface area contributed by atoms with Crippen LogP contribution in [0.2, 0.25) is 0 Å². The summed E-state index contributed by atoms with van der Waals surface area (Å²) >= 11 is 3.61. The van der Waals surface area contributed by atoms with Crippen molar-refractivity contribution >= 4 is 15.9 Å². The van der Waals surface area contributed by atoms with Crippen molar-refractivity contribution < 1.29 is 0 Å². The van der Waals surface area contributed by atoms with Crippen molar-refractivity contribution in [3.8, 4) is 0 Å². The lowest BCUT2D eigenvalue weighted by Gasteiger charge is -2.34. The van der Waals surface area contributed by atoms with Crippen LogP contribution in [0.5, 0.6) is 0 Å². The molecule has 0 spiro atoms. The standard InChI is InChI=1S/C12H20BrN3/c1-3-7-14-11(9-5-4-6-9)12-10(13)8-15-16(12)2/h8-9,11,14H,3-7H2,1-2H3. The average molecular weight is 286 g/mol. The third kappa shape index (κ3) is 2.33. The Morgan fingerprint density at radius 1 is 1.62 bits per heavy atom. The first-order chi connectivity index (χ1) is 7.74. The van der Waals surface area contributed by atoms with E-state index in [4.69, 9.17) is 0 Å². The van der Waals surface area contributed by atoms with Crippen molar-refractivity contribution in [3.63, 3.8) is 0 Å². The van der Waals surface area contributed by atoms with E-state index in [1.54, 1.807) is 0 Å². The van der Waals surface area contributed by atoms with Crippen LogP contribution < -0.4 is 5.32 Å². The van der Waals surface area contributed by atoms with Crippen molar-refractivity contribution in [1.82, 2.24) is 15.1 Å². The third-order valence-corrected chi connectivity index (χ3v) is 4.08. The molecule has 16 heavy (non-hydrogen) atoms. The van der Waals surface area contributed by atoms with E-state index >= 15 is 0 Å². The second kappa shape index (κ2) is 5.32. The van der Waals surface area contributed by atoms with Gasteiger partial charge in [-0.25, -0.2) is 0 Å². The van der Waals surface area contributed by atoms with Crippen LogP contribution in [0.15, 0.2) is 10.7 Å².